The second-order valence-corrected chi connectivity index (χ2v) is 5.67. The number of nitrogens with one attached hydrogen (secondary N) is 1. The maximum Gasteiger partial charge on any atom is 0.124 e. The monoisotopic (exact) mass is 267 g/mol. The van der Waals surface area contributed by atoms with Gasteiger partial charge in [0, 0.05) is 9.58 Å². The molecule has 2 aromatic rings. The van der Waals surface area contributed by atoms with E-state index in [2.05, 4.69) is 11.4 Å². The molecule has 0 saturated carbocycles. The molecule has 1 atom stereocenters. The molecule has 0 aliphatic rings. The van der Waals surface area contributed by atoms with Crippen LogP contribution in [0.25, 0.3) is 10.1 Å². The molecule has 0 aliphatic carbocycles. The summed E-state index contributed by atoms with van der Waals surface area (Å²) in [5.74, 6) is -0.185. The van der Waals surface area contributed by atoms with E-state index >= 15 is 0 Å². The van der Waals surface area contributed by atoms with Crippen molar-refractivity contribution in [2.45, 2.75) is 26.0 Å². The van der Waals surface area contributed by atoms with Gasteiger partial charge in [0.15, 0.2) is 0 Å². The average Bonchev–Trinajstić information content (AvgIpc) is 2.72. The highest BCUT2D eigenvalue weighted by atomic mass is 32.1. The molecule has 4 heteroatoms. The summed E-state index contributed by atoms with van der Waals surface area (Å²) < 4.78 is 19.8. The molecule has 0 fully saturated rings. The Hall–Kier alpha value is -0.970. The third-order valence-corrected chi connectivity index (χ3v) is 4.00. The lowest BCUT2D eigenvalue weighted by atomic mass is 10.2. The first-order valence-corrected chi connectivity index (χ1v) is 6.89. The molecular formula is C14H18FNOS. The number of fused-ring (bicyclic) bond motifs is 1. The van der Waals surface area contributed by atoms with Crippen molar-refractivity contribution in [3.63, 3.8) is 0 Å². The third-order valence-electron chi connectivity index (χ3n) is 2.79. The Balaban J connectivity index is 2.22. The van der Waals surface area contributed by atoms with Crippen molar-refractivity contribution in [1.82, 2.24) is 5.32 Å². The van der Waals surface area contributed by atoms with Crippen LogP contribution in [0, 0.1) is 5.82 Å². The highest BCUT2D eigenvalue weighted by Crippen LogP contribution is 2.30. The molecule has 0 bridgehead atoms. The summed E-state index contributed by atoms with van der Waals surface area (Å²) in [6.45, 7) is 4.67. The second-order valence-electron chi connectivity index (χ2n) is 4.55. The summed E-state index contributed by atoms with van der Waals surface area (Å²) >= 11 is 1.61. The molecule has 0 aliphatic heterocycles. The van der Waals surface area contributed by atoms with Crippen molar-refractivity contribution in [2.75, 3.05) is 13.7 Å². The first kappa shape index (κ1) is 13.5. The molecule has 0 amide bonds. The molecule has 1 aromatic heterocycles. The SMILES string of the molecule is CNC(COC(C)C)c1cc2ccc(F)cc2s1. The molecule has 1 unspecified atom stereocenters. The summed E-state index contributed by atoms with van der Waals surface area (Å²) in [4.78, 5) is 1.18. The summed E-state index contributed by atoms with van der Waals surface area (Å²) in [6, 6.07) is 7.16. The summed E-state index contributed by atoms with van der Waals surface area (Å²) in [7, 11) is 1.92. The minimum absolute atomic E-state index is 0.160. The fourth-order valence-corrected chi connectivity index (χ4v) is 2.98. The number of halogens is 1. The van der Waals surface area contributed by atoms with Gasteiger partial charge in [0.25, 0.3) is 0 Å². The van der Waals surface area contributed by atoms with E-state index in [9.17, 15) is 4.39 Å². The molecule has 0 radical (unpaired) electrons. The van der Waals surface area contributed by atoms with E-state index in [1.54, 1.807) is 17.4 Å². The smallest absolute Gasteiger partial charge is 0.124 e. The van der Waals surface area contributed by atoms with Gasteiger partial charge < -0.3 is 10.1 Å². The molecule has 1 aromatic carbocycles. The zero-order valence-corrected chi connectivity index (χ0v) is 11.7. The average molecular weight is 267 g/mol. The van der Waals surface area contributed by atoms with Crippen LogP contribution in [-0.4, -0.2) is 19.8 Å². The van der Waals surface area contributed by atoms with E-state index < -0.39 is 0 Å². The van der Waals surface area contributed by atoms with Gasteiger partial charge in [-0.05, 0) is 44.5 Å². The van der Waals surface area contributed by atoms with Crippen LogP contribution in [0.5, 0.6) is 0 Å². The molecular weight excluding hydrogens is 249 g/mol. The van der Waals surface area contributed by atoms with Crippen molar-refractivity contribution in [1.29, 1.82) is 0 Å². The predicted molar refractivity (Wildman–Crippen MR) is 74.7 cm³/mol. The molecule has 1 N–H and O–H groups in total. The third kappa shape index (κ3) is 3.07. The van der Waals surface area contributed by atoms with Crippen LogP contribution in [0.3, 0.4) is 0 Å². The van der Waals surface area contributed by atoms with Crippen LogP contribution in [-0.2, 0) is 4.74 Å². The van der Waals surface area contributed by atoms with E-state index in [-0.39, 0.29) is 18.0 Å². The van der Waals surface area contributed by atoms with E-state index in [0.29, 0.717) is 6.61 Å². The van der Waals surface area contributed by atoms with Gasteiger partial charge in [-0.25, -0.2) is 4.39 Å². The van der Waals surface area contributed by atoms with Gasteiger partial charge in [-0.1, -0.05) is 6.07 Å². The highest BCUT2D eigenvalue weighted by molar-refractivity contribution is 7.19. The van der Waals surface area contributed by atoms with E-state index in [1.165, 1.54) is 10.9 Å². The highest BCUT2D eigenvalue weighted by Gasteiger charge is 2.14. The number of hydrogen-bond donors (Lipinski definition) is 1. The van der Waals surface area contributed by atoms with E-state index in [1.807, 2.05) is 27.0 Å². The first-order chi connectivity index (χ1) is 8.60. The number of rotatable bonds is 5. The molecule has 18 heavy (non-hydrogen) atoms. The van der Waals surface area contributed by atoms with Gasteiger partial charge in [-0.3, -0.25) is 0 Å². The predicted octanol–water partition coefficient (Wildman–Crippen LogP) is 3.73. The van der Waals surface area contributed by atoms with Crippen molar-refractivity contribution in [3.8, 4) is 0 Å². The Morgan fingerprint density at radius 1 is 1.33 bits per heavy atom. The van der Waals surface area contributed by atoms with Gasteiger partial charge in [-0.15, -0.1) is 11.3 Å². The lowest BCUT2D eigenvalue weighted by Gasteiger charge is -2.16. The largest absolute Gasteiger partial charge is 0.377 e. The Morgan fingerprint density at radius 3 is 2.78 bits per heavy atom. The lowest BCUT2D eigenvalue weighted by Crippen LogP contribution is -2.22. The molecule has 98 valence electrons. The molecule has 1 heterocycles. The minimum Gasteiger partial charge on any atom is -0.377 e. The van der Waals surface area contributed by atoms with Gasteiger partial charge in [0.1, 0.15) is 5.82 Å². The summed E-state index contributed by atoms with van der Waals surface area (Å²) in [6.07, 6.45) is 0.215. The van der Waals surface area contributed by atoms with Gasteiger partial charge in [0.05, 0.1) is 18.8 Å². The Labute approximate surface area is 111 Å². The Morgan fingerprint density at radius 2 is 2.11 bits per heavy atom. The normalized spacial score (nSPS) is 13.4. The van der Waals surface area contributed by atoms with Crippen molar-refractivity contribution < 1.29 is 9.13 Å². The minimum atomic E-state index is -0.185. The maximum absolute atomic E-state index is 13.1. The number of hydrogen-bond acceptors (Lipinski definition) is 3. The lowest BCUT2D eigenvalue weighted by molar-refractivity contribution is 0.0632. The van der Waals surface area contributed by atoms with Crippen LogP contribution < -0.4 is 5.32 Å². The number of ether oxygens (including phenoxy) is 1. The van der Waals surface area contributed by atoms with E-state index in [4.69, 9.17) is 4.74 Å². The fourth-order valence-electron chi connectivity index (χ4n) is 1.79. The topological polar surface area (TPSA) is 21.3 Å². The first-order valence-electron chi connectivity index (χ1n) is 6.08. The molecule has 0 spiro atoms. The van der Waals surface area contributed by atoms with Crippen molar-refractivity contribution in [2.24, 2.45) is 0 Å². The Kier molecular flexibility index (Phi) is 4.32. The summed E-state index contributed by atoms with van der Waals surface area (Å²) in [5, 5.41) is 4.33. The van der Waals surface area contributed by atoms with Crippen molar-refractivity contribution in [3.05, 3.63) is 35.0 Å². The number of likely N-dealkylation sites (N-methyl/N-ethyl adjacent to an activating group) is 1. The molecule has 2 rings (SSSR count). The van der Waals surface area contributed by atoms with Crippen LogP contribution >= 0.6 is 11.3 Å². The van der Waals surface area contributed by atoms with Crippen LogP contribution in [0.4, 0.5) is 4.39 Å². The fraction of sp³-hybridized carbons (Fsp3) is 0.429. The van der Waals surface area contributed by atoms with Crippen LogP contribution in [0.1, 0.15) is 24.8 Å². The summed E-state index contributed by atoms with van der Waals surface area (Å²) in [5.41, 5.74) is 0. The zero-order valence-electron chi connectivity index (χ0n) is 10.9. The molecule has 0 saturated heterocycles. The van der Waals surface area contributed by atoms with Crippen molar-refractivity contribution >= 4 is 21.4 Å². The number of benzene rings is 1. The quantitative estimate of drug-likeness (QED) is 0.891. The zero-order chi connectivity index (χ0) is 13.1. The standard InChI is InChI=1S/C14H18FNOS/c1-9(2)17-8-12(16-3)14-6-10-4-5-11(15)7-13(10)18-14/h4-7,9,12,16H,8H2,1-3H3. The second kappa shape index (κ2) is 5.78. The Bertz CT molecular complexity index is 523. The van der Waals surface area contributed by atoms with Crippen LogP contribution in [0.2, 0.25) is 0 Å². The maximum atomic E-state index is 13.1. The van der Waals surface area contributed by atoms with Gasteiger partial charge in [-0.2, -0.15) is 0 Å². The van der Waals surface area contributed by atoms with Crippen LogP contribution in [0.15, 0.2) is 24.3 Å². The van der Waals surface area contributed by atoms with E-state index in [0.717, 1.165) is 10.1 Å². The molecule has 2 nitrogen and oxygen atoms in total. The van der Waals surface area contributed by atoms with Gasteiger partial charge in [0.2, 0.25) is 0 Å². The van der Waals surface area contributed by atoms with Gasteiger partial charge >= 0.3 is 0 Å². The number of thiophene rings is 1.